The van der Waals surface area contributed by atoms with Crippen molar-refractivity contribution in [3.8, 4) is 6.07 Å². The van der Waals surface area contributed by atoms with Gasteiger partial charge in [0.15, 0.2) is 0 Å². The summed E-state index contributed by atoms with van der Waals surface area (Å²) >= 11 is 0. The second kappa shape index (κ2) is 7.81. The van der Waals surface area contributed by atoms with Crippen LogP contribution in [0.25, 0.3) is 0 Å². The quantitative estimate of drug-likeness (QED) is 0.858. The highest BCUT2D eigenvalue weighted by molar-refractivity contribution is 7.92. The van der Waals surface area contributed by atoms with E-state index in [2.05, 4.69) is 5.32 Å². The van der Waals surface area contributed by atoms with Crippen molar-refractivity contribution >= 4 is 21.6 Å². The van der Waals surface area contributed by atoms with Crippen molar-refractivity contribution in [3.05, 3.63) is 65.7 Å². The molecule has 0 aliphatic heterocycles. The number of nitrogens with one attached hydrogen (secondary N) is 1. The Labute approximate surface area is 147 Å². The molecule has 0 radical (unpaired) electrons. The fourth-order valence-electron chi connectivity index (χ4n) is 2.37. The number of sulfonamides is 1. The van der Waals surface area contributed by atoms with E-state index in [0.717, 1.165) is 16.1 Å². The molecule has 7 heteroatoms. The summed E-state index contributed by atoms with van der Waals surface area (Å²) in [6.45, 7) is 1.47. The lowest BCUT2D eigenvalue weighted by Crippen LogP contribution is -2.41. The molecule has 0 aliphatic carbocycles. The summed E-state index contributed by atoms with van der Waals surface area (Å²) in [4.78, 5) is 12.3. The Hall–Kier alpha value is -2.85. The average Bonchev–Trinajstić information content (AvgIpc) is 2.59. The second-order valence-corrected chi connectivity index (χ2v) is 7.54. The van der Waals surface area contributed by atoms with E-state index in [9.17, 15) is 13.2 Å². The van der Waals surface area contributed by atoms with Crippen LogP contribution in [0, 0.1) is 11.3 Å². The number of benzene rings is 2. The molecule has 1 atom stereocenters. The Balaban J connectivity index is 2.17. The Bertz CT molecular complexity index is 889. The summed E-state index contributed by atoms with van der Waals surface area (Å²) in [5.74, 6) is -0.427. The number of carbonyl (C=O) groups excluding carboxylic acids is 1. The fraction of sp³-hybridized carbons (Fsp3) is 0.222. The Morgan fingerprint density at radius 3 is 2.48 bits per heavy atom. The van der Waals surface area contributed by atoms with Crippen LogP contribution in [0.3, 0.4) is 0 Å². The maximum atomic E-state index is 12.3. The molecule has 0 saturated carbocycles. The highest BCUT2D eigenvalue weighted by Crippen LogP contribution is 2.19. The molecule has 1 amide bonds. The lowest BCUT2D eigenvalue weighted by Gasteiger charge is -2.23. The SMILES string of the molecule is C[C@H](NC(=O)CN(c1cccc(C#N)c1)S(C)(=O)=O)c1ccccc1. The van der Waals surface area contributed by atoms with E-state index in [1.54, 1.807) is 18.2 Å². The van der Waals surface area contributed by atoms with Gasteiger partial charge in [-0.2, -0.15) is 5.26 Å². The maximum absolute atomic E-state index is 12.3. The fourth-order valence-corrected chi connectivity index (χ4v) is 3.22. The maximum Gasteiger partial charge on any atom is 0.241 e. The van der Waals surface area contributed by atoms with Gasteiger partial charge in [-0.25, -0.2) is 8.42 Å². The largest absolute Gasteiger partial charge is 0.348 e. The molecule has 1 N–H and O–H groups in total. The Morgan fingerprint density at radius 2 is 1.88 bits per heavy atom. The topological polar surface area (TPSA) is 90.3 Å². The van der Waals surface area contributed by atoms with Crippen molar-refractivity contribution < 1.29 is 13.2 Å². The third-order valence-corrected chi connectivity index (χ3v) is 4.77. The zero-order valence-corrected chi connectivity index (χ0v) is 14.8. The van der Waals surface area contributed by atoms with Gasteiger partial charge in [-0.3, -0.25) is 9.10 Å². The lowest BCUT2D eigenvalue weighted by molar-refractivity contribution is -0.120. The first kappa shape index (κ1) is 18.5. The summed E-state index contributed by atoms with van der Waals surface area (Å²) in [5.41, 5.74) is 1.53. The minimum absolute atomic E-state index is 0.249. The molecule has 2 aromatic carbocycles. The number of rotatable bonds is 6. The molecule has 0 bridgehead atoms. The molecule has 0 unspecified atom stereocenters. The van der Waals surface area contributed by atoms with E-state index in [0.29, 0.717) is 5.56 Å². The van der Waals surface area contributed by atoms with Crippen molar-refractivity contribution in [1.29, 1.82) is 5.26 Å². The van der Waals surface area contributed by atoms with Gasteiger partial charge in [0.1, 0.15) is 6.54 Å². The van der Waals surface area contributed by atoms with Gasteiger partial charge >= 0.3 is 0 Å². The normalized spacial score (nSPS) is 12.0. The van der Waals surface area contributed by atoms with Crippen molar-refractivity contribution in [2.75, 3.05) is 17.1 Å². The van der Waals surface area contributed by atoms with Crippen LogP contribution >= 0.6 is 0 Å². The van der Waals surface area contributed by atoms with Gasteiger partial charge in [-0.1, -0.05) is 36.4 Å². The third-order valence-electron chi connectivity index (χ3n) is 3.63. The smallest absolute Gasteiger partial charge is 0.241 e. The average molecular weight is 357 g/mol. The van der Waals surface area contributed by atoms with E-state index in [1.807, 2.05) is 43.3 Å². The van der Waals surface area contributed by atoms with Crippen molar-refractivity contribution in [1.82, 2.24) is 5.32 Å². The van der Waals surface area contributed by atoms with Gasteiger partial charge in [0.2, 0.25) is 15.9 Å². The highest BCUT2D eigenvalue weighted by atomic mass is 32.2. The zero-order valence-electron chi connectivity index (χ0n) is 14.0. The minimum Gasteiger partial charge on any atom is -0.348 e. The molecule has 0 fully saturated rings. The van der Waals surface area contributed by atoms with Crippen LogP contribution in [0.2, 0.25) is 0 Å². The van der Waals surface area contributed by atoms with Crippen LogP contribution in [-0.2, 0) is 14.8 Å². The van der Waals surface area contributed by atoms with Crippen LogP contribution in [0.15, 0.2) is 54.6 Å². The first-order valence-corrected chi connectivity index (χ1v) is 9.48. The molecule has 2 rings (SSSR count). The van der Waals surface area contributed by atoms with Crippen LogP contribution in [0.4, 0.5) is 5.69 Å². The molecule has 0 heterocycles. The first-order valence-electron chi connectivity index (χ1n) is 7.63. The first-order chi connectivity index (χ1) is 11.8. The van der Waals surface area contributed by atoms with Gasteiger partial charge in [0.25, 0.3) is 0 Å². The highest BCUT2D eigenvalue weighted by Gasteiger charge is 2.22. The van der Waals surface area contributed by atoms with Gasteiger partial charge in [0, 0.05) is 0 Å². The molecule has 2 aromatic rings. The summed E-state index contributed by atoms with van der Waals surface area (Å²) in [7, 11) is -3.68. The number of amides is 1. The van der Waals surface area contributed by atoms with Crippen molar-refractivity contribution in [3.63, 3.8) is 0 Å². The lowest BCUT2D eigenvalue weighted by atomic mass is 10.1. The van der Waals surface area contributed by atoms with E-state index >= 15 is 0 Å². The van der Waals surface area contributed by atoms with Crippen molar-refractivity contribution in [2.45, 2.75) is 13.0 Å². The molecular weight excluding hydrogens is 338 g/mol. The zero-order chi connectivity index (χ0) is 18.4. The van der Waals surface area contributed by atoms with E-state index in [4.69, 9.17) is 5.26 Å². The van der Waals surface area contributed by atoms with Crippen LogP contribution < -0.4 is 9.62 Å². The predicted octanol–water partition coefficient (Wildman–Crippen LogP) is 2.20. The third kappa shape index (κ3) is 5.06. The summed E-state index contributed by atoms with van der Waals surface area (Å²) < 4.78 is 25.2. The molecule has 0 aromatic heterocycles. The van der Waals surface area contributed by atoms with Crippen molar-refractivity contribution in [2.24, 2.45) is 0 Å². The number of nitrogens with zero attached hydrogens (tertiary/aromatic N) is 2. The van der Waals surface area contributed by atoms with E-state index in [1.165, 1.54) is 6.07 Å². The summed E-state index contributed by atoms with van der Waals surface area (Å²) in [5, 5.41) is 11.8. The monoisotopic (exact) mass is 357 g/mol. The van der Waals surface area contributed by atoms with E-state index in [-0.39, 0.29) is 18.3 Å². The number of hydrogen-bond acceptors (Lipinski definition) is 4. The van der Waals surface area contributed by atoms with Crippen LogP contribution in [-0.4, -0.2) is 27.1 Å². The number of hydrogen-bond donors (Lipinski definition) is 1. The van der Waals surface area contributed by atoms with Gasteiger partial charge in [-0.05, 0) is 30.7 Å². The molecule has 130 valence electrons. The van der Waals surface area contributed by atoms with Crippen LogP contribution in [0.1, 0.15) is 24.1 Å². The summed E-state index contributed by atoms with van der Waals surface area (Å²) in [6, 6.07) is 17.2. The minimum atomic E-state index is -3.68. The Kier molecular flexibility index (Phi) is 5.78. The second-order valence-electron chi connectivity index (χ2n) is 5.63. The predicted molar refractivity (Wildman–Crippen MR) is 96.3 cm³/mol. The molecule has 0 saturated heterocycles. The molecule has 0 aliphatic rings. The molecule has 6 nitrogen and oxygen atoms in total. The molecular formula is C18H19N3O3S. The van der Waals surface area contributed by atoms with Gasteiger partial charge in [0.05, 0.1) is 29.6 Å². The van der Waals surface area contributed by atoms with Gasteiger partial charge in [-0.15, -0.1) is 0 Å². The Morgan fingerprint density at radius 1 is 1.20 bits per heavy atom. The number of carbonyl (C=O) groups is 1. The van der Waals surface area contributed by atoms with E-state index < -0.39 is 15.9 Å². The standard InChI is InChI=1S/C18H19N3O3S/c1-14(16-8-4-3-5-9-16)20-18(22)13-21(25(2,23)24)17-10-6-7-15(11-17)12-19/h3-11,14H,13H2,1-2H3,(H,20,22)/t14-/m0/s1. The number of anilines is 1. The summed E-state index contributed by atoms with van der Waals surface area (Å²) in [6.07, 6.45) is 1.03. The van der Waals surface area contributed by atoms with Gasteiger partial charge < -0.3 is 5.32 Å². The van der Waals surface area contributed by atoms with Crippen LogP contribution in [0.5, 0.6) is 0 Å². The molecule has 25 heavy (non-hydrogen) atoms. The molecule has 0 spiro atoms. The number of nitriles is 1.